The summed E-state index contributed by atoms with van der Waals surface area (Å²) in [6.07, 6.45) is 0.394. The Morgan fingerprint density at radius 2 is 1.53 bits per heavy atom. The fraction of sp³-hybridized carbons (Fsp3) is 0.818. The van der Waals surface area contributed by atoms with Crippen LogP contribution < -0.4 is 5.73 Å². The van der Waals surface area contributed by atoms with Gasteiger partial charge in [-0.2, -0.15) is 0 Å². The average molecular weight is 242 g/mol. The number of piperazine rings is 1. The minimum Gasteiger partial charge on any atom is -0.339 e. The van der Waals surface area contributed by atoms with Crippen LogP contribution in [0, 0.1) is 0 Å². The average Bonchev–Trinajstić information content (AvgIpc) is 2.28. The van der Waals surface area contributed by atoms with Crippen LogP contribution in [-0.4, -0.2) is 79.9 Å². The van der Waals surface area contributed by atoms with Gasteiger partial charge in [0.15, 0.2) is 0 Å². The number of nitrogens with zero attached hydrogens (tertiary/aromatic N) is 3. The molecule has 0 bridgehead atoms. The van der Waals surface area contributed by atoms with Gasteiger partial charge >= 0.3 is 0 Å². The van der Waals surface area contributed by atoms with Crippen LogP contribution in [0.3, 0.4) is 0 Å². The van der Waals surface area contributed by atoms with Gasteiger partial charge in [0.2, 0.25) is 11.8 Å². The molecule has 1 rings (SSSR count). The third kappa shape index (κ3) is 4.32. The number of amides is 2. The lowest BCUT2D eigenvalue weighted by Crippen LogP contribution is -2.52. The molecular formula is C11H22N4O2. The molecule has 17 heavy (non-hydrogen) atoms. The van der Waals surface area contributed by atoms with Crippen molar-refractivity contribution in [3.05, 3.63) is 0 Å². The van der Waals surface area contributed by atoms with E-state index >= 15 is 0 Å². The number of rotatable bonds is 4. The second kappa shape index (κ2) is 6.56. The number of carbonyl (C=O) groups is 2. The Morgan fingerprint density at radius 3 is 1.94 bits per heavy atom. The molecule has 6 heteroatoms. The molecule has 0 atom stereocenters. The van der Waals surface area contributed by atoms with E-state index in [4.69, 9.17) is 5.73 Å². The van der Waals surface area contributed by atoms with Crippen LogP contribution in [-0.2, 0) is 9.59 Å². The maximum atomic E-state index is 11.8. The molecule has 98 valence electrons. The summed E-state index contributed by atoms with van der Waals surface area (Å²) >= 11 is 0. The van der Waals surface area contributed by atoms with Crippen LogP contribution in [0.1, 0.15) is 6.42 Å². The molecule has 0 aromatic carbocycles. The highest BCUT2D eigenvalue weighted by Crippen LogP contribution is 2.04. The first-order valence-corrected chi connectivity index (χ1v) is 5.95. The molecule has 1 aliphatic heterocycles. The molecule has 6 nitrogen and oxygen atoms in total. The normalized spacial score (nSPS) is 16.5. The number of likely N-dealkylation sites (N-methyl/N-ethyl adjacent to an activating group) is 1. The maximum absolute atomic E-state index is 11.8. The van der Waals surface area contributed by atoms with Crippen LogP contribution in [0.25, 0.3) is 0 Å². The zero-order chi connectivity index (χ0) is 12.8. The Balaban J connectivity index is 2.35. The predicted octanol–water partition coefficient (Wildman–Crippen LogP) is -1.43. The summed E-state index contributed by atoms with van der Waals surface area (Å²) in [5.41, 5.74) is 5.35. The Bertz CT molecular complexity index is 273. The lowest BCUT2D eigenvalue weighted by molar-refractivity contribution is -0.139. The van der Waals surface area contributed by atoms with Gasteiger partial charge in [-0.15, -0.1) is 0 Å². The first-order chi connectivity index (χ1) is 8.04. The van der Waals surface area contributed by atoms with Crippen LogP contribution in [0.4, 0.5) is 0 Å². The number of hydrogen-bond acceptors (Lipinski definition) is 4. The van der Waals surface area contributed by atoms with Crippen molar-refractivity contribution in [1.82, 2.24) is 14.7 Å². The SMILES string of the molecule is CN(C)CC(=O)N1CCN(C(=O)CCN)CC1. The van der Waals surface area contributed by atoms with Crippen molar-refractivity contribution in [3.8, 4) is 0 Å². The smallest absolute Gasteiger partial charge is 0.236 e. The fourth-order valence-electron chi connectivity index (χ4n) is 1.86. The van der Waals surface area contributed by atoms with Gasteiger partial charge in [-0.3, -0.25) is 9.59 Å². The van der Waals surface area contributed by atoms with E-state index in [1.165, 1.54) is 0 Å². The Kier molecular flexibility index (Phi) is 5.37. The monoisotopic (exact) mass is 242 g/mol. The van der Waals surface area contributed by atoms with Crippen molar-refractivity contribution in [2.75, 3.05) is 53.4 Å². The summed E-state index contributed by atoms with van der Waals surface area (Å²) < 4.78 is 0. The maximum Gasteiger partial charge on any atom is 0.236 e. The second-order valence-electron chi connectivity index (χ2n) is 4.54. The van der Waals surface area contributed by atoms with Crippen molar-refractivity contribution >= 4 is 11.8 Å². The number of nitrogens with two attached hydrogens (primary N) is 1. The van der Waals surface area contributed by atoms with E-state index in [9.17, 15) is 9.59 Å². The van der Waals surface area contributed by atoms with Crippen molar-refractivity contribution in [1.29, 1.82) is 0 Å². The summed E-state index contributed by atoms with van der Waals surface area (Å²) in [5.74, 6) is 0.216. The summed E-state index contributed by atoms with van der Waals surface area (Å²) in [6, 6.07) is 0. The van der Waals surface area contributed by atoms with Gasteiger partial charge < -0.3 is 20.4 Å². The van der Waals surface area contributed by atoms with Gasteiger partial charge in [0.25, 0.3) is 0 Å². The van der Waals surface area contributed by atoms with Gasteiger partial charge in [-0.25, -0.2) is 0 Å². The Morgan fingerprint density at radius 1 is 1.06 bits per heavy atom. The zero-order valence-electron chi connectivity index (χ0n) is 10.7. The van der Waals surface area contributed by atoms with Crippen LogP contribution in [0.5, 0.6) is 0 Å². The van der Waals surface area contributed by atoms with Crippen LogP contribution in [0.2, 0.25) is 0 Å². The molecule has 1 fully saturated rings. The highest BCUT2D eigenvalue weighted by molar-refractivity contribution is 5.79. The molecule has 0 aliphatic carbocycles. The number of hydrogen-bond donors (Lipinski definition) is 1. The fourth-order valence-corrected chi connectivity index (χ4v) is 1.86. The minimum absolute atomic E-state index is 0.0900. The van der Waals surface area contributed by atoms with Gasteiger partial charge in [0.05, 0.1) is 6.54 Å². The number of carbonyl (C=O) groups excluding carboxylic acids is 2. The van der Waals surface area contributed by atoms with Crippen molar-refractivity contribution < 1.29 is 9.59 Å². The predicted molar refractivity (Wildman–Crippen MR) is 65.4 cm³/mol. The standard InChI is InChI=1S/C11H22N4O2/c1-13(2)9-11(17)15-7-5-14(6-8-15)10(16)3-4-12/h3-9,12H2,1-2H3. The molecular weight excluding hydrogens is 220 g/mol. The molecule has 1 heterocycles. The van der Waals surface area contributed by atoms with E-state index in [1.807, 2.05) is 23.9 Å². The van der Waals surface area contributed by atoms with E-state index in [-0.39, 0.29) is 11.8 Å². The van der Waals surface area contributed by atoms with E-state index in [0.717, 1.165) is 0 Å². The molecule has 0 unspecified atom stereocenters. The molecule has 2 N–H and O–H groups in total. The van der Waals surface area contributed by atoms with Crippen molar-refractivity contribution in [2.45, 2.75) is 6.42 Å². The highest BCUT2D eigenvalue weighted by atomic mass is 16.2. The molecule has 0 spiro atoms. The topological polar surface area (TPSA) is 69.9 Å². The van der Waals surface area contributed by atoms with Gasteiger partial charge in [-0.1, -0.05) is 0 Å². The van der Waals surface area contributed by atoms with E-state index in [0.29, 0.717) is 45.7 Å². The highest BCUT2D eigenvalue weighted by Gasteiger charge is 2.23. The second-order valence-corrected chi connectivity index (χ2v) is 4.54. The summed E-state index contributed by atoms with van der Waals surface area (Å²) in [4.78, 5) is 28.8. The third-order valence-corrected chi connectivity index (χ3v) is 2.79. The molecule has 0 aromatic rings. The molecule has 0 aromatic heterocycles. The van der Waals surface area contributed by atoms with Crippen LogP contribution >= 0.6 is 0 Å². The quantitative estimate of drug-likeness (QED) is 0.656. The van der Waals surface area contributed by atoms with Gasteiger partial charge in [-0.05, 0) is 14.1 Å². The Labute approximate surface area is 102 Å². The molecule has 0 radical (unpaired) electrons. The summed E-state index contributed by atoms with van der Waals surface area (Å²) in [6.45, 7) is 3.32. The lowest BCUT2D eigenvalue weighted by atomic mass is 10.2. The first kappa shape index (κ1) is 13.9. The summed E-state index contributed by atoms with van der Waals surface area (Å²) in [7, 11) is 3.75. The van der Waals surface area contributed by atoms with Crippen molar-refractivity contribution in [2.24, 2.45) is 5.73 Å². The van der Waals surface area contributed by atoms with Crippen molar-refractivity contribution in [3.63, 3.8) is 0 Å². The van der Waals surface area contributed by atoms with E-state index in [1.54, 1.807) is 4.90 Å². The van der Waals surface area contributed by atoms with Gasteiger partial charge in [0.1, 0.15) is 0 Å². The van der Waals surface area contributed by atoms with Gasteiger partial charge in [0, 0.05) is 39.1 Å². The van der Waals surface area contributed by atoms with E-state index in [2.05, 4.69) is 0 Å². The lowest BCUT2D eigenvalue weighted by Gasteiger charge is -2.35. The zero-order valence-corrected chi connectivity index (χ0v) is 10.7. The minimum atomic E-state index is 0.0900. The summed E-state index contributed by atoms with van der Waals surface area (Å²) in [5, 5.41) is 0. The largest absolute Gasteiger partial charge is 0.339 e. The molecule has 1 aliphatic rings. The molecule has 2 amide bonds. The Hall–Kier alpha value is -1.14. The molecule has 0 saturated carbocycles. The third-order valence-electron chi connectivity index (χ3n) is 2.79. The molecule has 1 saturated heterocycles. The van der Waals surface area contributed by atoms with E-state index < -0.39 is 0 Å². The van der Waals surface area contributed by atoms with Crippen LogP contribution in [0.15, 0.2) is 0 Å². The first-order valence-electron chi connectivity index (χ1n) is 5.95.